The number of nitrogens with zero attached hydrogens (tertiary/aromatic N) is 1. The summed E-state index contributed by atoms with van der Waals surface area (Å²) >= 11 is 0. The van der Waals surface area contributed by atoms with E-state index in [1.165, 1.54) is 12.0 Å². The highest BCUT2D eigenvalue weighted by atomic mass is 16.5. The first-order chi connectivity index (χ1) is 7.25. The summed E-state index contributed by atoms with van der Waals surface area (Å²) in [5, 5.41) is 3.37. The third kappa shape index (κ3) is 2.69. The van der Waals surface area contributed by atoms with E-state index >= 15 is 0 Å². The predicted octanol–water partition coefficient (Wildman–Crippen LogP) is 2.37. The van der Waals surface area contributed by atoms with E-state index in [1.807, 2.05) is 19.2 Å². The van der Waals surface area contributed by atoms with Crippen molar-refractivity contribution in [2.75, 3.05) is 11.9 Å². The maximum absolute atomic E-state index is 5.62. The fourth-order valence-electron chi connectivity index (χ4n) is 1.88. The number of rotatable bonds is 3. The van der Waals surface area contributed by atoms with Gasteiger partial charge in [-0.05, 0) is 38.3 Å². The Morgan fingerprint density at radius 2 is 2.40 bits per heavy atom. The van der Waals surface area contributed by atoms with Crippen molar-refractivity contribution in [1.82, 2.24) is 4.98 Å². The van der Waals surface area contributed by atoms with E-state index in [1.54, 1.807) is 0 Å². The summed E-state index contributed by atoms with van der Waals surface area (Å²) in [6, 6.07) is 4.42. The molecular formula is C12H18N2O. The van der Waals surface area contributed by atoms with E-state index in [-0.39, 0.29) is 0 Å². The molecule has 0 radical (unpaired) electrons. The SMILES string of the molecule is Cc1ccc(NC(C)C2CCCO2)nc1. The van der Waals surface area contributed by atoms with E-state index in [2.05, 4.69) is 23.3 Å². The first-order valence-corrected chi connectivity index (χ1v) is 5.56. The molecule has 82 valence electrons. The number of anilines is 1. The topological polar surface area (TPSA) is 34.1 Å². The average Bonchev–Trinajstić information content (AvgIpc) is 2.74. The Hall–Kier alpha value is -1.09. The number of hydrogen-bond donors (Lipinski definition) is 1. The summed E-state index contributed by atoms with van der Waals surface area (Å²) < 4.78 is 5.62. The molecule has 15 heavy (non-hydrogen) atoms. The lowest BCUT2D eigenvalue weighted by molar-refractivity contribution is 0.0995. The molecule has 2 atom stereocenters. The van der Waals surface area contributed by atoms with Crippen LogP contribution in [0.4, 0.5) is 5.82 Å². The second-order valence-electron chi connectivity index (χ2n) is 4.21. The van der Waals surface area contributed by atoms with Crippen molar-refractivity contribution in [2.45, 2.75) is 38.8 Å². The normalized spacial score (nSPS) is 22.7. The molecule has 1 N–H and O–H groups in total. The predicted molar refractivity (Wildman–Crippen MR) is 61.0 cm³/mol. The summed E-state index contributed by atoms with van der Waals surface area (Å²) in [7, 11) is 0. The summed E-state index contributed by atoms with van der Waals surface area (Å²) in [5.41, 5.74) is 1.19. The first-order valence-electron chi connectivity index (χ1n) is 5.56. The lowest BCUT2D eigenvalue weighted by atomic mass is 10.1. The van der Waals surface area contributed by atoms with Gasteiger partial charge in [0.1, 0.15) is 5.82 Å². The van der Waals surface area contributed by atoms with Crippen molar-refractivity contribution >= 4 is 5.82 Å². The fraction of sp³-hybridized carbons (Fsp3) is 0.583. The number of hydrogen-bond acceptors (Lipinski definition) is 3. The van der Waals surface area contributed by atoms with Gasteiger partial charge in [-0.1, -0.05) is 6.07 Å². The van der Waals surface area contributed by atoms with E-state index in [9.17, 15) is 0 Å². The average molecular weight is 206 g/mol. The van der Waals surface area contributed by atoms with Crippen LogP contribution in [0.1, 0.15) is 25.3 Å². The monoisotopic (exact) mass is 206 g/mol. The molecule has 1 aromatic rings. The molecule has 2 heterocycles. The maximum Gasteiger partial charge on any atom is 0.126 e. The minimum absolute atomic E-state index is 0.336. The van der Waals surface area contributed by atoms with Crippen LogP contribution in [0.3, 0.4) is 0 Å². The fourth-order valence-corrected chi connectivity index (χ4v) is 1.88. The number of aromatic nitrogens is 1. The smallest absolute Gasteiger partial charge is 0.126 e. The second-order valence-corrected chi connectivity index (χ2v) is 4.21. The standard InChI is InChI=1S/C12H18N2O/c1-9-5-6-12(13-8-9)14-10(2)11-4-3-7-15-11/h5-6,8,10-11H,3-4,7H2,1-2H3,(H,13,14). The van der Waals surface area contributed by atoms with Crippen LogP contribution < -0.4 is 5.32 Å². The van der Waals surface area contributed by atoms with E-state index in [4.69, 9.17) is 4.74 Å². The van der Waals surface area contributed by atoms with Crippen molar-refractivity contribution in [2.24, 2.45) is 0 Å². The van der Waals surface area contributed by atoms with Gasteiger partial charge in [0.2, 0.25) is 0 Å². The van der Waals surface area contributed by atoms with Gasteiger partial charge in [0.05, 0.1) is 12.1 Å². The lowest BCUT2D eigenvalue weighted by Crippen LogP contribution is -2.30. The van der Waals surface area contributed by atoms with Crippen LogP contribution in [-0.2, 0) is 4.74 Å². The van der Waals surface area contributed by atoms with Gasteiger partial charge in [0.15, 0.2) is 0 Å². The minimum Gasteiger partial charge on any atom is -0.376 e. The summed E-state index contributed by atoms with van der Waals surface area (Å²) in [5.74, 6) is 0.934. The van der Waals surface area contributed by atoms with Crippen LogP contribution in [-0.4, -0.2) is 23.7 Å². The zero-order valence-corrected chi connectivity index (χ0v) is 9.36. The van der Waals surface area contributed by atoms with Crippen LogP contribution >= 0.6 is 0 Å². The van der Waals surface area contributed by atoms with E-state index in [0.29, 0.717) is 12.1 Å². The molecule has 1 aromatic heterocycles. The molecule has 0 bridgehead atoms. The van der Waals surface area contributed by atoms with Crippen LogP contribution in [0.2, 0.25) is 0 Å². The third-order valence-corrected chi connectivity index (χ3v) is 2.81. The Morgan fingerprint density at radius 3 is 3.00 bits per heavy atom. The highest BCUT2D eigenvalue weighted by Crippen LogP contribution is 2.18. The summed E-state index contributed by atoms with van der Waals surface area (Å²) in [6.45, 7) is 5.09. The molecule has 0 spiro atoms. The van der Waals surface area contributed by atoms with E-state index < -0.39 is 0 Å². The molecule has 0 aromatic carbocycles. The van der Waals surface area contributed by atoms with Crippen molar-refractivity contribution in [3.63, 3.8) is 0 Å². The van der Waals surface area contributed by atoms with Gasteiger partial charge in [-0.25, -0.2) is 4.98 Å². The molecule has 1 aliphatic rings. The zero-order valence-electron chi connectivity index (χ0n) is 9.36. The van der Waals surface area contributed by atoms with Gasteiger partial charge < -0.3 is 10.1 Å². The summed E-state index contributed by atoms with van der Waals surface area (Å²) in [6.07, 6.45) is 4.55. The zero-order chi connectivity index (χ0) is 10.7. The van der Waals surface area contributed by atoms with Gasteiger partial charge >= 0.3 is 0 Å². The molecule has 1 aliphatic heterocycles. The molecule has 3 nitrogen and oxygen atoms in total. The highest BCUT2D eigenvalue weighted by Gasteiger charge is 2.22. The molecule has 0 aliphatic carbocycles. The molecule has 0 amide bonds. The van der Waals surface area contributed by atoms with Gasteiger partial charge in [-0.15, -0.1) is 0 Å². The summed E-state index contributed by atoms with van der Waals surface area (Å²) in [4.78, 5) is 4.32. The molecule has 2 unspecified atom stereocenters. The molecule has 1 fully saturated rings. The van der Waals surface area contributed by atoms with Crippen LogP contribution in [0, 0.1) is 6.92 Å². The Balaban J connectivity index is 1.92. The number of ether oxygens (including phenoxy) is 1. The Bertz CT molecular complexity index is 304. The Kier molecular flexibility index (Phi) is 3.21. The maximum atomic E-state index is 5.62. The Labute approximate surface area is 90.9 Å². The van der Waals surface area contributed by atoms with Gasteiger partial charge in [0, 0.05) is 12.8 Å². The quantitative estimate of drug-likeness (QED) is 0.824. The first kappa shape index (κ1) is 10.4. The van der Waals surface area contributed by atoms with Crippen LogP contribution in [0.15, 0.2) is 18.3 Å². The third-order valence-electron chi connectivity index (χ3n) is 2.81. The van der Waals surface area contributed by atoms with Gasteiger partial charge in [-0.3, -0.25) is 0 Å². The van der Waals surface area contributed by atoms with Crippen LogP contribution in [0.5, 0.6) is 0 Å². The second kappa shape index (κ2) is 4.62. The highest BCUT2D eigenvalue weighted by molar-refractivity contribution is 5.36. The van der Waals surface area contributed by atoms with Gasteiger partial charge in [0.25, 0.3) is 0 Å². The molecule has 1 saturated heterocycles. The Morgan fingerprint density at radius 1 is 1.53 bits per heavy atom. The van der Waals surface area contributed by atoms with Crippen molar-refractivity contribution in [3.8, 4) is 0 Å². The van der Waals surface area contributed by atoms with Crippen molar-refractivity contribution in [3.05, 3.63) is 23.9 Å². The van der Waals surface area contributed by atoms with Gasteiger partial charge in [-0.2, -0.15) is 0 Å². The largest absolute Gasteiger partial charge is 0.376 e. The number of aryl methyl sites for hydroxylation is 1. The molecule has 2 rings (SSSR count). The minimum atomic E-state index is 0.336. The molecule has 0 saturated carbocycles. The lowest BCUT2D eigenvalue weighted by Gasteiger charge is -2.20. The molecule has 3 heteroatoms. The van der Waals surface area contributed by atoms with Crippen molar-refractivity contribution in [1.29, 1.82) is 0 Å². The van der Waals surface area contributed by atoms with E-state index in [0.717, 1.165) is 18.8 Å². The number of nitrogens with one attached hydrogen (secondary N) is 1. The molecular weight excluding hydrogens is 188 g/mol. The number of pyridine rings is 1. The van der Waals surface area contributed by atoms with Crippen molar-refractivity contribution < 1.29 is 4.74 Å². The van der Waals surface area contributed by atoms with Crippen LogP contribution in [0.25, 0.3) is 0 Å².